The smallest absolute Gasteiger partial charge is 0.348 e. The number of cyclic esters (lactones) is 1. The quantitative estimate of drug-likeness (QED) is 0.537. The maximum absolute atomic E-state index is 11.1. The molecular weight excluding hydrogens is 275 g/mol. The molecule has 0 aromatic carbocycles. The van der Waals surface area contributed by atoms with Crippen molar-refractivity contribution in [2.24, 2.45) is 0 Å². The third-order valence-electron chi connectivity index (χ3n) is 1.61. The van der Waals surface area contributed by atoms with Crippen LogP contribution in [0.1, 0.15) is 15.2 Å². The molecule has 4 heteroatoms. The van der Waals surface area contributed by atoms with E-state index in [9.17, 15) is 4.79 Å². The molecule has 2 heterocycles. The van der Waals surface area contributed by atoms with Gasteiger partial charge >= 0.3 is 5.97 Å². The summed E-state index contributed by atoms with van der Waals surface area (Å²) in [6.07, 6.45) is 0.878. The van der Waals surface area contributed by atoms with Crippen molar-refractivity contribution in [1.29, 1.82) is 0 Å². The molecule has 11 heavy (non-hydrogen) atoms. The Labute approximate surface area is 81.7 Å². The number of halogens is 1. The molecule has 58 valence electrons. The first-order chi connectivity index (χ1) is 5.29. The number of carbonyl (C=O) groups is 1. The van der Waals surface area contributed by atoms with E-state index in [1.54, 1.807) is 0 Å². The maximum Gasteiger partial charge on any atom is 0.348 e. The average molecular weight is 280 g/mol. The molecule has 0 N–H and O–H groups in total. The molecule has 0 bridgehead atoms. The zero-order valence-electron chi connectivity index (χ0n) is 5.59. The van der Waals surface area contributed by atoms with Crippen molar-refractivity contribution in [2.75, 3.05) is 6.61 Å². The van der Waals surface area contributed by atoms with Gasteiger partial charge < -0.3 is 4.74 Å². The average Bonchev–Trinajstić information content (AvgIpc) is 2.35. The molecular formula is C7H5IO2S. The first kappa shape index (κ1) is 7.54. The lowest BCUT2D eigenvalue weighted by molar-refractivity contribution is 0.0487. The van der Waals surface area contributed by atoms with E-state index in [0.717, 1.165) is 11.3 Å². The lowest BCUT2D eigenvalue weighted by atomic mass is 10.2. The van der Waals surface area contributed by atoms with E-state index >= 15 is 0 Å². The van der Waals surface area contributed by atoms with E-state index in [4.69, 9.17) is 4.74 Å². The summed E-state index contributed by atoms with van der Waals surface area (Å²) in [5.41, 5.74) is 1.17. The molecule has 0 radical (unpaired) electrons. The summed E-state index contributed by atoms with van der Waals surface area (Å²) in [5.74, 6) is -0.154. The fourth-order valence-corrected chi connectivity index (χ4v) is 3.05. The van der Waals surface area contributed by atoms with Crippen LogP contribution in [0.25, 0.3) is 0 Å². The molecule has 0 saturated carbocycles. The van der Waals surface area contributed by atoms with Gasteiger partial charge in [0.25, 0.3) is 0 Å². The summed E-state index contributed by atoms with van der Waals surface area (Å²) in [7, 11) is 0. The largest absolute Gasteiger partial charge is 0.461 e. The van der Waals surface area contributed by atoms with Crippen LogP contribution in [0, 0.1) is 3.57 Å². The predicted molar refractivity (Wildman–Crippen MR) is 51.0 cm³/mol. The number of hydrogen-bond donors (Lipinski definition) is 0. The highest BCUT2D eigenvalue weighted by molar-refractivity contribution is 14.1. The monoisotopic (exact) mass is 280 g/mol. The van der Waals surface area contributed by atoms with E-state index in [2.05, 4.69) is 22.6 Å². The van der Waals surface area contributed by atoms with Gasteiger partial charge in [-0.2, -0.15) is 0 Å². The third kappa shape index (κ3) is 1.18. The number of carbonyl (C=O) groups excluding carboxylic acids is 1. The minimum Gasteiger partial charge on any atom is -0.461 e. The van der Waals surface area contributed by atoms with Crippen LogP contribution >= 0.6 is 33.9 Å². The predicted octanol–water partition coefficient (Wildman–Crippen LogP) is 2.07. The summed E-state index contributed by atoms with van der Waals surface area (Å²) in [6.45, 7) is 0.540. The number of hydrogen-bond acceptors (Lipinski definition) is 3. The molecule has 0 aliphatic carbocycles. The summed E-state index contributed by atoms with van der Waals surface area (Å²) in [5, 5.41) is 2.00. The topological polar surface area (TPSA) is 26.3 Å². The lowest BCUT2D eigenvalue weighted by Crippen LogP contribution is -2.15. The zero-order chi connectivity index (χ0) is 7.84. The summed E-state index contributed by atoms with van der Waals surface area (Å²) in [6, 6.07) is 0. The highest BCUT2D eigenvalue weighted by Crippen LogP contribution is 2.28. The molecule has 0 atom stereocenters. The molecule has 1 aromatic rings. The van der Waals surface area contributed by atoms with Gasteiger partial charge in [-0.1, -0.05) is 0 Å². The Balaban J connectivity index is 2.55. The Bertz CT molecular complexity index is 305. The van der Waals surface area contributed by atoms with Gasteiger partial charge in [-0.3, -0.25) is 0 Å². The molecule has 0 fully saturated rings. The van der Waals surface area contributed by atoms with Crippen LogP contribution in [-0.4, -0.2) is 12.6 Å². The molecule has 1 aliphatic rings. The second kappa shape index (κ2) is 2.75. The first-order valence-electron chi connectivity index (χ1n) is 3.22. The first-order valence-corrected chi connectivity index (χ1v) is 5.18. The fraction of sp³-hybridized carbons (Fsp3) is 0.286. The van der Waals surface area contributed by atoms with Crippen molar-refractivity contribution in [1.82, 2.24) is 0 Å². The number of thiophene rings is 1. The molecule has 2 rings (SSSR count). The van der Waals surface area contributed by atoms with Crippen LogP contribution in [0.2, 0.25) is 0 Å². The summed E-state index contributed by atoms with van der Waals surface area (Å²) < 4.78 is 6.08. The molecule has 0 spiro atoms. The van der Waals surface area contributed by atoms with E-state index in [-0.39, 0.29) is 5.97 Å². The Morgan fingerprint density at radius 1 is 1.64 bits per heavy atom. The normalized spacial score (nSPS) is 15.9. The Hall–Kier alpha value is -0.100. The van der Waals surface area contributed by atoms with Crippen molar-refractivity contribution >= 4 is 39.9 Å². The van der Waals surface area contributed by atoms with Crippen molar-refractivity contribution in [3.05, 3.63) is 19.4 Å². The second-order valence-electron chi connectivity index (χ2n) is 2.28. The SMILES string of the molecule is O=C1OCCc2c(I)csc21. The van der Waals surface area contributed by atoms with Gasteiger partial charge in [0.1, 0.15) is 4.88 Å². The third-order valence-corrected chi connectivity index (χ3v) is 4.00. The van der Waals surface area contributed by atoms with Gasteiger partial charge in [-0.15, -0.1) is 11.3 Å². The van der Waals surface area contributed by atoms with Gasteiger partial charge in [-0.05, 0) is 28.2 Å². The Morgan fingerprint density at radius 2 is 2.45 bits per heavy atom. The highest BCUT2D eigenvalue weighted by Gasteiger charge is 2.22. The number of rotatable bonds is 0. The molecule has 0 saturated heterocycles. The Kier molecular flexibility index (Phi) is 1.88. The minimum absolute atomic E-state index is 0.154. The molecule has 0 amide bonds. The number of ether oxygens (including phenoxy) is 1. The van der Waals surface area contributed by atoms with Crippen molar-refractivity contribution in [3.63, 3.8) is 0 Å². The molecule has 0 unspecified atom stereocenters. The molecule has 2 nitrogen and oxygen atoms in total. The second-order valence-corrected chi connectivity index (χ2v) is 4.32. The molecule has 1 aromatic heterocycles. The van der Waals surface area contributed by atoms with Crippen LogP contribution in [0.4, 0.5) is 0 Å². The summed E-state index contributed by atoms with van der Waals surface area (Å²) in [4.78, 5) is 11.9. The van der Waals surface area contributed by atoms with Crippen molar-refractivity contribution < 1.29 is 9.53 Å². The van der Waals surface area contributed by atoms with Crippen molar-refractivity contribution in [3.8, 4) is 0 Å². The van der Waals surface area contributed by atoms with Gasteiger partial charge in [0.2, 0.25) is 0 Å². The van der Waals surface area contributed by atoms with E-state index < -0.39 is 0 Å². The standard InChI is InChI=1S/C7H5IO2S/c8-5-3-11-6-4(5)1-2-10-7(6)9/h3H,1-2H2. The van der Waals surface area contributed by atoms with Crippen LogP contribution in [-0.2, 0) is 11.2 Å². The minimum atomic E-state index is -0.154. The van der Waals surface area contributed by atoms with Crippen molar-refractivity contribution in [2.45, 2.75) is 6.42 Å². The van der Waals surface area contributed by atoms with E-state index in [0.29, 0.717) is 6.61 Å². The van der Waals surface area contributed by atoms with Gasteiger partial charge in [0.15, 0.2) is 0 Å². The number of fused-ring (bicyclic) bond motifs is 1. The summed E-state index contributed by atoms with van der Waals surface area (Å²) >= 11 is 3.73. The maximum atomic E-state index is 11.1. The Morgan fingerprint density at radius 3 is 3.18 bits per heavy atom. The van der Waals surface area contributed by atoms with E-state index in [1.807, 2.05) is 5.38 Å². The van der Waals surface area contributed by atoms with Gasteiger partial charge in [0.05, 0.1) is 6.61 Å². The fourth-order valence-electron chi connectivity index (χ4n) is 1.08. The number of esters is 1. The van der Waals surface area contributed by atoms with Crippen LogP contribution in [0.15, 0.2) is 5.38 Å². The lowest BCUT2D eigenvalue weighted by Gasteiger charge is -2.10. The van der Waals surface area contributed by atoms with Crippen LogP contribution < -0.4 is 0 Å². The van der Waals surface area contributed by atoms with Crippen LogP contribution in [0.3, 0.4) is 0 Å². The highest BCUT2D eigenvalue weighted by atomic mass is 127. The van der Waals surface area contributed by atoms with Gasteiger partial charge in [-0.25, -0.2) is 4.79 Å². The van der Waals surface area contributed by atoms with E-state index in [1.165, 1.54) is 20.5 Å². The zero-order valence-corrected chi connectivity index (χ0v) is 8.57. The molecule has 1 aliphatic heterocycles. The van der Waals surface area contributed by atoms with Crippen LogP contribution in [0.5, 0.6) is 0 Å². The van der Waals surface area contributed by atoms with Gasteiger partial charge in [0, 0.05) is 15.4 Å².